The minimum Gasteiger partial charge on any atom is -0.459 e. The Hall–Kier alpha value is -2.95. The zero-order chi connectivity index (χ0) is 16.9. The lowest BCUT2D eigenvalue weighted by atomic mass is 9.90. The Kier molecular flexibility index (Phi) is 4.70. The number of nitrogens with zero attached hydrogens (tertiary/aromatic N) is 1. The van der Waals surface area contributed by atoms with E-state index in [1.54, 1.807) is 25.3 Å². The largest absolute Gasteiger partial charge is 0.459 e. The summed E-state index contributed by atoms with van der Waals surface area (Å²) in [5, 5.41) is 2.54. The van der Waals surface area contributed by atoms with Crippen molar-refractivity contribution in [3.05, 3.63) is 59.4 Å². The van der Waals surface area contributed by atoms with Crippen LogP contribution in [0.15, 0.2) is 42.6 Å². The fraction of sp³-hybridized carbons (Fsp3) is 0.211. The van der Waals surface area contributed by atoms with Crippen LogP contribution in [0.1, 0.15) is 30.2 Å². The number of carbonyl (C=O) groups excluding carboxylic acids is 2. The zero-order valence-electron chi connectivity index (χ0n) is 13.4. The number of benzene rings is 1. The number of fused-ring (bicyclic) bond motifs is 1. The van der Waals surface area contributed by atoms with Crippen LogP contribution in [0.5, 0.6) is 0 Å². The number of esters is 1. The van der Waals surface area contributed by atoms with Gasteiger partial charge in [-0.3, -0.25) is 9.78 Å². The van der Waals surface area contributed by atoms with Crippen LogP contribution in [-0.2, 0) is 20.7 Å². The van der Waals surface area contributed by atoms with Gasteiger partial charge in [-0.05, 0) is 54.7 Å². The molecule has 0 unspecified atom stereocenters. The molecule has 1 aliphatic rings. The van der Waals surface area contributed by atoms with Gasteiger partial charge < -0.3 is 10.1 Å². The lowest BCUT2D eigenvalue weighted by molar-refractivity contribution is -0.152. The molecule has 0 aliphatic heterocycles. The van der Waals surface area contributed by atoms with Crippen LogP contribution in [0.25, 0.3) is 11.6 Å². The number of aromatic nitrogens is 1. The van der Waals surface area contributed by atoms with E-state index in [2.05, 4.69) is 33.2 Å². The maximum Gasteiger partial charge on any atom is 0.397 e. The molecule has 1 N–H and O–H groups in total. The number of anilines is 1. The van der Waals surface area contributed by atoms with Crippen molar-refractivity contribution < 1.29 is 14.3 Å². The summed E-state index contributed by atoms with van der Waals surface area (Å²) in [4.78, 5) is 27.5. The summed E-state index contributed by atoms with van der Waals surface area (Å²) >= 11 is 0. The molecule has 0 spiro atoms. The number of carbonyl (C=O) groups is 2. The van der Waals surface area contributed by atoms with Gasteiger partial charge in [0.05, 0.1) is 12.3 Å². The van der Waals surface area contributed by atoms with Gasteiger partial charge in [0.25, 0.3) is 0 Å². The van der Waals surface area contributed by atoms with Crippen molar-refractivity contribution in [1.29, 1.82) is 0 Å². The van der Waals surface area contributed by atoms with E-state index in [1.165, 1.54) is 11.1 Å². The molecule has 3 rings (SSSR count). The Balaban J connectivity index is 1.80. The minimum absolute atomic E-state index is 0.167. The van der Waals surface area contributed by atoms with Crippen LogP contribution in [0.3, 0.4) is 0 Å². The van der Waals surface area contributed by atoms with Crippen molar-refractivity contribution >= 4 is 29.2 Å². The highest BCUT2D eigenvalue weighted by molar-refractivity contribution is 6.37. The number of pyridine rings is 1. The summed E-state index contributed by atoms with van der Waals surface area (Å²) in [6, 6.07) is 11.7. The van der Waals surface area contributed by atoms with Crippen molar-refractivity contribution in [2.45, 2.75) is 19.8 Å². The Morgan fingerprint density at radius 1 is 1.21 bits per heavy atom. The number of rotatable bonds is 3. The molecule has 1 aromatic heterocycles. The molecular formula is C19H18N2O3. The average Bonchev–Trinajstić information content (AvgIpc) is 2.61. The Morgan fingerprint density at radius 2 is 2.04 bits per heavy atom. The number of ether oxygens (including phenoxy) is 1. The second-order valence-corrected chi connectivity index (χ2v) is 5.47. The number of hydrogen-bond donors (Lipinski definition) is 1. The van der Waals surface area contributed by atoms with Gasteiger partial charge in [0.15, 0.2) is 0 Å². The molecule has 1 amide bonds. The molecule has 1 heterocycles. The van der Waals surface area contributed by atoms with Gasteiger partial charge in [-0.1, -0.05) is 24.3 Å². The SMILES string of the molecule is CCOC(=O)C(=O)Nc1ccnc(C2=Cc3ccccc3CC2)c1. The monoisotopic (exact) mass is 322 g/mol. The van der Waals surface area contributed by atoms with Crippen LogP contribution < -0.4 is 5.32 Å². The maximum atomic E-state index is 11.7. The third-order valence-electron chi connectivity index (χ3n) is 3.86. The Labute approximate surface area is 140 Å². The molecular weight excluding hydrogens is 304 g/mol. The molecule has 5 nitrogen and oxygen atoms in total. The Morgan fingerprint density at radius 3 is 2.88 bits per heavy atom. The van der Waals surface area contributed by atoms with Gasteiger partial charge in [0.1, 0.15) is 0 Å². The van der Waals surface area contributed by atoms with Crippen LogP contribution in [-0.4, -0.2) is 23.5 Å². The summed E-state index contributed by atoms with van der Waals surface area (Å²) in [6.07, 6.45) is 5.60. The van der Waals surface area contributed by atoms with Gasteiger partial charge in [-0.2, -0.15) is 0 Å². The molecule has 0 fully saturated rings. The molecule has 0 atom stereocenters. The molecule has 2 aromatic rings. The van der Waals surface area contributed by atoms with E-state index < -0.39 is 11.9 Å². The second-order valence-electron chi connectivity index (χ2n) is 5.47. The highest BCUT2D eigenvalue weighted by Crippen LogP contribution is 2.30. The Bertz CT molecular complexity index is 812. The van der Waals surface area contributed by atoms with E-state index in [0.717, 1.165) is 24.1 Å². The first-order valence-corrected chi connectivity index (χ1v) is 7.90. The van der Waals surface area contributed by atoms with E-state index in [4.69, 9.17) is 0 Å². The summed E-state index contributed by atoms with van der Waals surface area (Å²) in [5.41, 5.74) is 4.96. The van der Waals surface area contributed by atoms with E-state index in [1.807, 2.05) is 12.1 Å². The third-order valence-corrected chi connectivity index (χ3v) is 3.86. The van der Waals surface area contributed by atoms with E-state index in [-0.39, 0.29) is 6.61 Å². The van der Waals surface area contributed by atoms with Gasteiger partial charge in [-0.15, -0.1) is 0 Å². The predicted molar refractivity (Wildman–Crippen MR) is 92.1 cm³/mol. The van der Waals surface area contributed by atoms with Crippen LogP contribution in [0.2, 0.25) is 0 Å². The molecule has 0 saturated heterocycles. The number of aryl methyl sites for hydroxylation is 1. The predicted octanol–water partition coefficient (Wildman–Crippen LogP) is 3.07. The lowest BCUT2D eigenvalue weighted by Gasteiger charge is -2.16. The molecule has 122 valence electrons. The van der Waals surface area contributed by atoms with E-state index in [9.17, 15) is 9.59 Å². The van der Waals surface area contributed by atoms with Gasteiger partial charge in [0.2, 0.25) is 0 Å². The first kappa shape index (κ1) is 15.9. The smallest absolute Gasteiger partial charge is 0.397 e. The first-order valence-electron chi connectivity index (χ1n) is 7.90. The topological polar surface area (TPSA) is 68.3 Å². The quantitative estimate of drug-likeness (QED) is 0.696. The van der Waals surface area contributed by atoms with Gasteiger partial charge in [0, 0.05) is 11.9 Å². The molecule has 1 aromatic carbocycles. The minimum atomic E-state index is -0.887. The van der Waals surface area contributed by atoms with E-state index >= 15 is 0 Å². The van der Waals surface area contributed by atoms with E-state index in [0.29, 0.717) is 5.69 Å². The van der Waals surface area contributed by atoms with Crippen LogP contribution in [0, 0.1) is 0 Å². The zero-order valence-corrected chi connectivity index (χ0v) is 13.4. The molecule has 0 saturated carbocycles. The maximum absolute atomic E-state index is 11.7. The van der Waals surface area contributed by atoms with Gasteiger partial charge >= 0.3 is 11.9 Å². The van der Waals surface area contributed by atoms with Crippen molar-refractivity contribution in [1.82, 2.24) is 4.98 Å². The summed E-state index contributed by atoms with van der Waals surface area (Å²) < 4.78 is 4.68. The fourth-order valence-corrected chi connectivity index (χ4v) is 2.70. The molecule has 1 aliphatic carbocycles. The standard InChI is InChI=1S/C19H18N2O3/c1-2-24-19(23)18(22)21-16-9-10-20-17(12-16)15-8-7-13-5-3-4-6-14(13)11-15/h3-6,9-12H,2,7-8H2,1H3,(H,20,21,22). The van der Waals surface area contributed by atoms with Crippen LogP contribution >= 0.6 is 0 Å². The summed E-state index contributed by atoms with van der Waals surface area (Å²) in [5.74, 6) is -1.67. The average molecular weight is 322 g/mol. The third kappa shape index (κ3) is 3.51. The molecule has 24 heavy (non-hydrogen) atoms. The number of hydrogen-bond acceptors (Lipinski definition) is 4. The first-order chi connectivity index (χ1) is 11.7. The molecule has 0 bridgehead atoms. The van der Waals surface area contributed by atoms with Crippen molar-refractivity contribution in [3.8, 4) is 0 Å². The normalized spacial score (nSPS) is 12.8. The number of amides is 1. The summed E-state index contributed by atoms with van der Waals surface area (Å²) in [7, 11) is 0. The number of allylic oxidation sites excluding steroid dienone is 1. The molecule has 5 heteroatoms. The number of nitrogens with one attached hydrogen (secondary N) is 1. The fourth-order valence-electron chi connectivity index (χ4n) is 2.70. The summed E-state index contributed by atoms with van der Waals surface area (Å²) in [6.45, 7) is 1.82. The van der Waals surface area contributed by atoms with Crippen molar-refractivity contribution in [3.63, 3.8) is 0 Å². The van der Waals surface area contributed by atoms with Crippen molar-refractivity contribution in [2.24, 2.45) is 0 Å². The lowest BCUT2D eigenvalue weighted by Crippen LogP contribution is -2.25. The van der Waals surface area contributed by atoms with Gasteiger partial charge in [-0.25, -0.2) is 4.79 Å². The van der Waals surface area contributed by atoms with Crippen molar-refractivity contribution in [2.75, 3.05) is 11.9 Å². The second kappa shape index (κ2) is 7.08. The highest BCUT2D eigenvalue weighted by Gasteiger charge is 2.16. The molecule has 0 radical (unpaired) electrons. The van der Waals surface area contributed by atoms with Crippen LogP contribution in [0.4, 0.5) is 5.69 Å². The highest BCUT2D eigenvalue weighted by atomic mass is 16.5.